The minimum absolute atomic E-state index is 0.219. The molecule has 0 spiro atoms. The smallest absolute Gasteiger partial charge is 0.0125 e. The second-order valence-corrected chi connectivity index (χ2v) is 5.83. The molecule has 0 fully saturated rings. The third-order valence-corrected chi connectivity index (χ3v) is 3.83. The zero-order chi connectivity index (χ0) is 13.0. The molecule has 1 nitrogen and oxygen atoms in total. The largest absolute Gasteiger partial charge is 0.328 e. The zero-order valence-corrected chi connectivity index (χ0v) is 11.7. The Bertz CT molecular complexity index is 506. The predicted molar refractivity (Wildman–Crippen MR) is 79.1 cm³/mol. The molecular weight excluding hydrogens is 238 g/mol. The molecule has 2 aromatic carbocycles. The maximum atomic E-state index is 5.85. The van der Waals surface area contributed by atoms with Crippen molar-refractivity contribution in [3.05, 3.63) is 59.7 Å². The summed E-state index contributed by atoms with van der Waals surface area (Å²) in [5.74, 6) is 0. The highest BCUT2D eigenvalue weighted by Crippen LogP contribution is 2.28. The first kappa shape index (κ1) is 13.2. The van der Waals surface area contributed by atoms with Crippen LogP contribution in [-0.4, -0.2) is 6.04 Å². The van der Waals surface area contributed by atoms with Gasteiger partial charge < -0.3 is 5.73 Å². The van der Waals surface area contributed by atoms with Crippen LogP contribution >= 0.6 is 11.8 Å². The molecule has 94 valence electrons. The summed E-state index contributed by atoms with van der Waals surface area (Å²) in [6.07, 6.45) is 0.947. The predicted octanol–water partition coefficient (Wildman–Crippen LogP) is 4.04. The van der Waals surface area contributed by atoms with Gasteiger partial charge in [-0.25, -0.2) is 0 Å². The van der Waals surface area contributed by atoms with E-state index in [0.29, 0.717) is 0 Å². The third-order valence-electron chi connectivity index (χ3n) is 2.83. The summed E-state index contributed by atoms with van der Waals surface area (Å²) in [4.78, 5) is 2.56. The lowest BCUT2D eigenvalue weighted by Crippen LogP contribution is -2.18. The molecule has 2 rings (SSSR count). The van der Waals surface area contributed by atoms with Gasteiger partial charge in [0, 0.05) is 15.8 Å². The van der Waals surface area contributed by atoms with Crippen molar-refractivity contribution in [3.63, 3.8) is 0 Å². The van der Waals surface area contributed by atoms with Gasteiger partial charge in [0.05, 0.1) is 0 Å². The summed E-state index contributed by atoms with van der Waals surface area (Å²) >= 11 is 1.80. The second-order valence-electron chi connectivity index (χ2n) is 4.68. The van der Waals surface area contributed by atoms with E-state index in [9.17, 15) is 0 Å². The first-order valence-corrected chi connectivity index (χ1v) is 7.05. The van der Waals surface area contributed by atoms with Gasteiger partial charge >= 0.3 is 0 Å². The molecule has 0 aliphatic heterocycles. The Hall–Kier alpha value is -1.25. The van der Waals surface area contributed by atoms with E-state index < -0.39 is 0 Å². The van der Waals surface area contributed by atoms with Crippen LogP contribution < -0.4 is 5.73 Å². The zero-order valence-electron chi connectivity index (χ0n) is 10.9. The lowest BCUT2D eigenvalue weighted by atomic mass is 10.0. The molecule has 0 aliphatic rings. The molecule has 0 bridgehead atoms. The number of nitrogens with two attached hydrogens (primary N) is 1. The number of rotatable bonds is 4. The normalized spacial score (nSPS) is 12.4. The Labute approximate surface area is 113 Å². The third kappa shape index (κ3) is 3.62. The van der Waals surface area contributed by atoms with Crippen LogP contribution in [-0.2, 0) is 6.42 Å². The van der Waals surface area contributed by atoms with Crippen LogP contribution in [0.4, 0.5) is 0 Å². The van der Waals surface area contributed by atoms with Crippen molar-refractivity contribution in [3.8, 4) is 0 Å². The Morgan fingerprint density at radius 2 is 1.78 bits per heavy atom. The summed E-state index contributed by atoms with van der Waals surface area (Å²) in [6.45, 7) is 4.21. The van der Waals surface area contributed by atoms with Crippen molar-refractivity contribution in [2.75, 3.05) is 0 Å². The van der Waals surface area contributed by atoms with Gasteiger partial charge in [0.15, 0.2) is 0 Å². The Morgan fingerprint density at radius 1 is 1.06 bits per heavy atom. The number of hydrogen-bond acceptors (Lipinski definition) is 2. The van der Waals surface area contributed by atoms with E-state index in [1.165, 1.54) is 20.9 Å². The van der Waals surface area contributed by atoms with Gasteiger partial charge in [0.2, 0.25) is 0 Å². The van der Waals surface area contributed by atoms with E-state index in [1.807, 2.05) is 13.0 Å². The van der Waals surface area contributed by atoms with Gasteiger partial charge in [0.1, 0.15) is 0 Å². The van der Waals surface area contributed by atoms with Crippen molar-refractivity contribution >= 4 is 11.8 Å². The molecule has 2 heteroatoms. The molecule has 18 heavy (non-hydrogen) atoms. The highest BCUT2D eigenvalue weighted by molar-refractivity contribution is 7.99. The number of benzene rings is 2. The van der Waals surface area contributed by atoms with E-state index in [-0.39, 0.29) is 6.04 Å². The summed E-state index contributed by atoms with van der Waals surface area (Å²) < 4.78 is 0. The van der Waals surface area contributed by atoms with Crippen molar-refractivity contribution in [1.82, 2.24) is 0 Å². The molecule has 0 amide bonds. The fraction of sp³-hybridized carbons (Fsp3) is 0.250. The first-order valence-electron chi connectivity index (χ1n) is 6.23. The van der Waals surface area contributed by atoms with E-state index in [2.05, 4.69) is 49.4 Å². The molecule has 0 aromatic heterocycles. The van der Waals surface area contributed by atoms with Gasteiger partial charge in [-0.2, -0.15) is 0 Å². The van der Waals surface area contributed by atoms with Gasteiger partial charge in [-0.05, 0) is 55.7 Å². The molecule has 0 saturated heterocycles. The molecule has 0 heterocycles. The van der Waals surface area contributed by atoms with E-state index in [1.54, 1.807) is 11.8 Å². The molecular formula is C16H19NS. The number of aryl methyl sites for hydroxylation is 1. The highest BCUT2D eigenvalue weighted by Gasteiger charge is 2.04. The SMILES string of the molecule is Cc1cc(Sc2ccccc2)ccc1CC(C)N. The maximum absolute atomic E-state index is 5.85. The van der Waals surface area contributed by atoms with Crippen LogP contribution in [0.3, 0.4) is 0 Å². The van der Waals surface area contributed by atoms with E-state index >= 15 is 0 Å². The van der Waals surface area contributed by atoms with Crippen LogP contribution in [0.25, 0.3) is 0 Å². The Balaban J connectivity index is 2.14. The minimum atomic E-state index is 0.219. The molecule has 0 saturated carbocycles. The monoisotopic (exact) mass is 257 g/mol. The van der Waals surface area contributed by atoms with Gasteiger partial charge in [0.25, 0.3) is 0 Å². The first-order chi connectivity index (χ1) is 8.65. The van der Waals surface area contributed by atoms with Crippen molar-refractivity contribution < 1.29 is 0 Å². The molecule has 0 radical (unpaired) electrons. The van der Waals surface area contributed by atoms with Crippen LogP contribution in [0.15, 0.2) is 58.3 Å². The lowest BCUT2D eigenvalue weighted by Gasteiger charge is -2.10. The van der Waals surface area contributed by atoms with Gasteiger partial charge in [-0.1, -0.05) is 36.0 Å². The second kappa shape index (κ2) is 6.07. The lowest BCUT2D eigenvalue weighted by molar-refractivity contribution is 0.734. The highest BCUT2D eigenvalue weighted by atomic mass is 32.2. The molecule has 1 unspecified atom stereocenters. The molecule has 0 aliphatic carbocycles. The van der Waals surface area contributed by atoms with E-state index in [0.717, 1.165) is 6.42 Å². The summed E-state index contributed by atoms with van der Waals surface area (Å²) in [7, 11) is 0. The fourth-order valence-corrected chi connectivity index (χ4v) is 2.87. The topological polar surface area (TPSA) is 26.0 Å². The summed E-state index contributed by atoms with van der Waals surface area (Å²) in [5, 5.41) is 0. The van der Waals surface area contributed by atoms with Gasteiger partial charge in [-0.15, -0.1) is 0 Å². The molecule has 2 N–H and O–H groups in total. The summed E-state index contributed by atoms with van der Waals surface area (Å²) in [6, 6.07) is 17.3. The molecule has 1 atom stereocenters. The standard InChI is InChI=1S/C16H19NS/c1-12-10-16(9-8-14(12)11-13(2)17)18-15-6-4-3-5-7-15/h3-10,13H,11,17H2,1-2H3. The Morgan fingerprint density at radius 3 is 2.39 bits per heavy atom. The minimum Gasteiger partial charge on any atom is -0.328 e. The van der Waals surface area contributed by atoms with Gasteiger partial charge in [-0.3, -0.25) is 0 Å². The fourth-order valence-electron chi connectivity index (χ4n) is 1.93. The Kier molecular flexibility index (Phi) is 4.45. The van der Waals surface area contributed by atoms with Crippen LogP contribution in [0, 0.1) is 6.92 Å². The average Bonchev–Trinajstić information content (AvgIpc) is 2.33. The number of hydrogen-bond donors (Lipinski definition) is 1. The van der Waals surface area contributed by atoms with Crippen LogP contribution in [0.2, 0.25) is 0 Å². The quantitative estimate of drug-likeness (QED) is 0.894. The molecule has 2 aromatic rings. The average molecular weight is 257 g/mol. The van der Waals surface area contributed by atoms with E-state index in [4.69, 9.17) is 5.73 Å². The van der Waals surface area contributed by atoms with Crippen LogP contribution in [0.1, 0.15) is 18.1 Å². The van der Waals surface area contributed by atoms with Crippen LogP contribution in [0.5, 0.6) is 0 Å². The maximum Gasteiger partial charge on any atom is 0.0125 e. The van der Waals surface area contributed by atoms with Crippen molar-refractivity contribution in [2.24, 2.45) is 5.73 Å². The van der Waals surface area contributed by atoms with Crippen molar-refractivity contribution in [2.45, 2.75) is 36.1 Å². The van der Waals surface area contributed by atoms with Crippen molar-refractivity contribution in [1.29, 1.82) is 0 Å². The summed E-state index contributed by atoms with van der Waals surface area (Å²) in [5.41, 5.74) is 8.53.